The van der Waals surface area contributed by atoms with Crippen LogP contribution in [-0.4, -0.2) is 15.9 Å². The number of rotatable bonds is 5. The van der Waals surface area contributed by atoms with Crippen molar-refractivity contribution in [2.24, 2.45) is 0 Å². The van der Waals surface area contributed by atoms with Gasteiger partial charge in [-0.05, 0) is 60.7 Å². The first-order valence-corrected chi connectivity index (χ1v) is 9.73. The fraction of sp³-hybridized carbons (Fsp3) is 0. The molecule has 0 aliphatic carbocycles. The summed E-state index contributed by atoms with van der Waals surface area (Å²) >= 11 is 7.38. The van der Waals surface area contributed by atoms with Crippen LogP contribution in [-0.2, 0) is 0 Å². The number of carbonyl (C=O) groups is 1. The number of hydrogen-bond acceptors (Lipinski definition) is 5. The molecule has 0 aliphatic rings. The second-order valence-electron chi connectivity index (χ2n) is 5.94. The van der Waals surface area contributed by atoms with Crippen molar-refractivity contribution in [2.75, 3.05) is 10.6 Å². The maximum absolute atomic E-state index is 12.3. The lowest BCUT2D eigenvalue weighted by molar-refractivity contribution is 0.102. The molecule has 28 heavy (non-hydrogen) atoms. The van der Waals surface area contributed by atoms with E-state index in [-0.39, 0.29) is 5.91 Å². The Balaban J connectivity index is 1.40. The van der Waals surface area contributed by atoms with Crippen molar-refractivity contribution < 1.29 is 4.79 Å². The van der Waals surface area contributed by atoms with Crippen LogP contribution in [0, 0.1) is 0 Å². The summed E-state index contributed by atoms with van der Waals surface area (Å²) < 4.78 is 0. The van der Waals surface area contributed by atoms with Gasteiger partial charge in [0.1, 0.15) is 0 Å². The quantitative estimate of drug-likeness (QED) is 0.436. The van der Waals surface area contributed by atoms with E-state index in [0.29, 0.717) is 16.3 Å². The Morgan fingerprint density at radius 3 is 2.29 bits per heavy atom. The van der Waals surface area contributed by atoms with Gasteiger partial charge in [0.05, 0.1) is 5.69 Å². The molecule has 0 saturated carbocycles. The first kappa shape index (κ1) is 18.2. The van der Waals surface area contributed by atoms with Gasteiger partial charge >= 0.3 is 0 Å². The van der Waals surface area contributed by atoms with Gasteiger partial charge in [-0.3, -0.25) is 9.78 Å². The SMILES string of the molecule is O=C(Nc1ccc(Nc2nc(-c3ccncc3)cs2)cc1)c1ccc(Cl)cc1. The smallest absolute Gasteiger partial charge is 0.255 e. The molecule has 0 fully saturated rings. The maximum Gasteiger partial charge on any atom is 0.255 e. The summed E-state index contributed by atoms with van der Waals surface area (Å²) in [6.07, 6.45) is 3.50. The van der Waals surface area contributed by atoms with E-state index >= 15 is 0 Å². The second kappa shape index (κ2) is 8.21. The molecule has 0 bridgehead atoms. The molecular formula is C21H15ClN4OS. The molecule has 4 rings (SSSR count). The fourth-order valence-corrected chi connectivity index (χ4v) is 3.42. The van der Waals surface area contributed by atoms with Gasteiger partial charge in [-0.25, -0.2) is 4.98 Å². The molecule has 2 heterocycles. The van der Waals surface area contributed by atoms with E-state index < -0.39 is 0 Å². The zero-order chi connectivity index (χ0) is 19.3. The third-order valence-corrected chi connectivity index (χ3v) is 4.99. The number of hydrogen-bond donors (Lipinski definition) is 2. The minimum atomic E-state index is -0.181. The molecule has 2 aromatic carbocycles. The molecule has 5 nitrogen and oxygen atoms in total. The summed E-state index contributed by atoms with van der Waals surface area (Å²) in [5, 5.41) is 9.54. The van der Waals surface area contributed by atoms with E-state index in [1.807, 2.05) is 41.8 Å². The highest BCUT2D eigenvalue weighted by Gasteiger charge is 2.07. The van der Waals surface area contributed by atoms with E-state index in [1.165, 1.54) is 11.3 Å². The summed E-state index contributed by atoms with van der Waals surface area (Å²) in [6, 6.07) is 18.1. The molecule has 2 N–H and O–H groups in total. The zero-order valence-corrected chi connectivity index (χ0v) is 16.2. The van der Waals surface area contributed by atoms with Gasteiger partial charge in [-0.1, -0.05) is 11.6 Å². The summed E-state index contributed by atoms with van der Waals surface area (Å²) in [5.74, 6) is -0.181. The van der Waals surface area contributed by atoms with E-state index in [0.717, 1.165) is 22.1 Å². The largest absolute Gasteiger partial charge is 0.332 e. The van der Waals surface area contributed by atoms with Crippen molar-refractivity contribution in [3.8, 4) is 11.3 Å². The number of thiazole rings is 1. The Morgan fingerprint density at radius 2 is 1.57 bits per heavy atom. The highest BCUT2D eigenvalue weighted by atomic mass is 35.5. The normalized spacial score (nSPS) is 10.5. The van der Waals surface area contributed by atoms with E-state index in [9.17, 15) is 4.79 Å². The maximum atomic E-state index is 12.3. The van der Waals surface area contributed by atoms with Crippen LogP contribution >= 0.6 is 22.9 Å². The molecule has 0 radical (unpaired) electrons. The average Bonchev–Trinajstić information content (AvgIpc) is 3.19. The summed E-state index contributed by atoms with van der Waals surface area (Å²) in [6.45, 7) is 0. The second-order valence-corrected chi connectivity index (χ2v) is 7.23. The molecule has 0 aliphatic heterocycles. The standard InChI is InChI=1S/C21H15ClN4OS/c22-16-3-1-15(2-4-16)20(27)24-17-5-7-18(8-6-17)25-21-26-19(13-28-21)14-9-11-23-12-10-14/h1-13H,(H,24,27)(H,25,26). The van der Waals surface area contributed by atoms with Crippen molar-refractivity contribution in [1.82, 2.24) is 9.97 Å². The Kier molecular flexibility index (Phi) is 5.32. The first-order chi connectivity index (χ1) is 13.7. The molecule has 0 saturated heterocycles. The minimum Gasteiger partial charge on any atom is -0.332 e. The molecule has 1 amide bonds. The van der Waals surface area contributed by atoms with Crippen LogP contribution in [0.5, 0.6) is 0 Å². The van der Waals surface area contributed by atoms with Crippen molar-refractivity contribution >= 4 is 45.4 Å². The van der Waals surface area contributed by atoms with Crippen LogP contribution in [0.2, 0.25) is 5.02 Å². The fourth-order valence-electron chi connectivity index (χ4n) is 2.55. The van der Waals surface area contributed by atoms with Gasteiger partial charge in [0.2, 0.25) is 0 Å². The number of nitrogens with one attached hydrogen (secondary N) is 2. The lowest BCUT2D eigenvalue weighted by atomic mass is 10.2. The Hall–Kier alpha value is -3.22. The number of halogens is 1. The summed E-state index contributed by atoms with van der Waals surface area (Å²) in [4.78, 5) is 20.9. The molecule has 0 spiro atoms. The lowest BCUT2D eigenvalue weighted by Gasteiger charge is -2.07. The Labute approximate surface area is 171 Å². The van der Waals surface area contributed by atoms with Crippen molar-refractivity contribution in [2.45, 2.75) is 0 Å². The molecule has 4 aromatic rings. The molecule has 0 atom stereocenters. The molecule has 138 valence electrons. The Bertz CT molecular complexity index is 1080. The van der Waals surface area contributed by atoms with Crippen LogP contribution in [0.15, 0.2) is 78.4 Å². The Morgan fingerprint density at radius 1 is 0.893 bits per heavy atom. The van der Waals surface area contributed by atoms with Gasteiger partial charge in [0, 0.05) is 45.3 Å². The highest BCUT2D eigenvalue weighted by molar-refractivity contribution is 7.14. The molecule has 2 aromatic heterocycles. The molecule has 7 heteroatoms. The van der Waals surface area contributed by atoms with Crippen molar-refractivity contribution in [1.29, 1.82) is 0 Å². The van der Waals surface area contributed by atoms with Crippen molar-refractivity contribution in [3.05, 3.63) is 89.0 Å². The van der Waals surface area contributed by atoms with Crippen molar-refractivity contribution in [3.63, 3.8) is 0 Å². The number of pyridine rings is 1. The van der Waals surface area contributed by atoms with Crippen LogP contribution in [0.1, 0.15) is 10.4 Å². The van der Waals surface area contributed by atoms with Gasteiger partial charge < -0.3 is 10.6 Å². The van der Waals surface area contributed by atoms with Gasteiger partial charge in [0.15, 0.2) is 5.13 Å². The average molecular weight is 407 g/mol. The number of benzene rings is 2. The molecule has 0 unspecified atom stereocenters. The predicted octanol–water partition coefficient (Wildman–Crippen LogP) is 5.85. The topological polar surface area (TPSA) is 66.9 Å². The minimum absolute atomic E-state index is 0.181. The lowest BCUT2D eigenvalue weighted by Crippen LogP contribution is -2.11. The monoisotopic (exact) mass is 406 g/mol. The number of aromatic nitrogens is 2. The third kappa shape index (κ3) is 4.36. The van der Waals surface area contributed by atoms with Crippen LogP contribution in [0.3, 0.4) is 0 Å². The van der Waals surface area contributed by atoms with Gasteiger partial charge in [-0.15, -0.1) is 11.3 Å². The highest BCUT2D eigenvalue weighted by Crippen LogP contribution is 2.27. The van der Waals surface area contributed by atoms with E-state index in [4.69, 9.17) is 11.6 Å². The third-order valence-electron chi connectivity index (χ3n) is 3.98. The number of carbonyl (C=O) groups excluding carboxylic acids is 1. The number of anilines is 3. The summed E-state index contributed by atoms with van der Waals surface area (Å²) in [7, 11) is 0. The summed E-state index contributed by atoms with van der Waals surface area (Å²) in [5.41, 5.74) is 4.08. The first-order valence-electron chi connectivity index (χ1n) is 8.47. The van der Waals surface area contributed by atoms with Gasteiger partial charge in [0.25, 0.3) is 5.91 Å². The van der Waals surface area contributed by atoms with Crippen LogP contribution in [0.25, 0.3) is 11.3 Å². The molecular weight excluding hydrogens is 392 g/mol. The van der Waals surface area contributed by atoms with E-state index in [2.05, 4.69) is 20.6 Å². The zero-order valence-electron chi connectivity index (χ0n) is 14.6. The van der Waals surface area contributed by atoms with Gasteiger partial charge in [-0.2, -0.15) is 0 Å². The van der Waals surface area contributed by atoms with Crippen LogP contribution in [0.4, 0.5) is 16.5 Å². The number of nitrogens with zero attached hydrogens (tertiary/aromatic N) is 2. The van der Waals surface area contributed by atoms with E-state index in [1.54, 1.807) is 36.7 Å². The van der Waals surface area contributed by atoms with Crippen LogP contribution < -0.4 is 10.6 Å². The predicted molar refractivity (Wildman–Crippen MR) is 114 cm³/mol. The number of amides is 1.